The van der Waals surface area contributed by atoms with Crippen molar-refractivity contribution in [1.29, 1.82) is 0 Å². The predicted octanol–water partition coefficient (Wildman–Crippen LogP) is 4.32. The van der Waals surface area contributed by atoms with Crippen LogP contribution in [0.1, 0.15) is 18.4 Å². The molecule has 8 heteroatoms. The number of hydrogen-bond acceptors (Lipinski definition) is 5. The number of anilines is 1. The lowest BCUT2D eigenvalue weighted by molar-refractivity contribution is -0.137. The summed E-state index contributed by atoms with van der Waals surface area (Å²) in [5.41, 5.74) is 0.126. The van der Waals surface area contributed by atoms with Crippen LogP contribution in [-0.4, -0.2) is 35.1 Å². The van der Waals surface area contributed by atoms with Gasteiger partial charge in [0.25, 0.3) is 0 Å². The first-order chi connectivity index (χ1) is 13.0. The van der Waals surface area contributed by atoms with Crippen molar-refractivity contribution in [3.8, 4) is 10.4 Å². The molecule has 1 N–H and O–H groups in total. The van der Waals surface area contributed by atoms with E-state index in [4.69, 9.17) is 0 Å². The maximum atomic E-state index is 12.8. The number of hydrogen-bond donors (Lipinski definition) is 1. The minimum atomic E-state index is -4.32. The van der Waals surface area contributed by atoms with Gasteiger partial charge in [-0.1, -0.05) is 12.1 Å². The van der Waals surface area contributed by atoms with E-state index >= 15 is 0 Å². The Morgan fingerprint density at radius 2 is 1.74 bits per heavy atom. The number of aromatic nitrogens is 2. The summed E-state index contributed by atoms with van der Waals surface area (Å²) < 4.78 is 38.4. The normalized spacial score (nSPS) is 22.6. The van der Waals surface area contributed by atoms with Gasteiger partial charge in [0.05, 0.1) is 10.9 Å². The van der Waals surface area contributed by atoms with Gasteiger partial charge in [0, 0.05) is 30.1 Å². The third-order valence-electron chi connectivity index (χ3n) is 5.32. The molecule has 0 radical (unpaired) electrons. The molecule has 140 valence electrons. The Labute approximate surface area is 158 Å². The number of piperazine rings is 1. The lowest BCUT2D eigenvalue weighted by Gasteiger charge is -2.33. The summed E-state index contributed by atoms with van der Waals surface area (Å²) in [6.45, 7) is 1.85. The van der Waals surface area contributed by atoms with Gasteiger partial charge in [-0.05, 0) is 36.6 Å². The predicted molar refractivity (Wildman–Crippen MR) is 100 cm³/mol. The largest absolute Gasteiger partial charge is 0.416 e. The highest BCUT2D eigenvalue weighted by Crippen LogP contribution is 2.38. The van der Waals surface area contributed by atoms with E-state index in [0.29, 0.717) is 12.1 Å². The second-order valence-corrected chi connectivity index (χ2v) is 8.18. The summed E-state index contributed by atoms with van der Waals surface area (Å²) in [7, 11) is 0. The number of nitrogens with one attached hydrogen (secondary N) is 1. The van der Waals surface area contributed by atoms with Crippen LogP contribution >= 0.6 is 11.3 Å². The molecule has 2 bridgehead atoms. The molecule has 2 aliphatic rings. The highest BCUT2D eigenvalue weighted by atomic mass is 32.1. The smallest absolute Gasteiger partial charge is 0.353 e. The summed E-state index contributed by atoms with van der Waals surface area (Å²) in [6, 6.07) is 8.29. The molecule has 0 aliphatic carbocycles. The molecule has 3 aromatic rings. The number of alkyl halides is 3. The summed E-state index contributed by atoms with van der Waals surface area (Å²) in [4.78, 5) is 13.0. The van der Waals surface area contributed by atoms with E-state index in [2.05, 4.69) is 20.2 Å². The summed E-state index contributed by atoms with van der Waals surface area (Å²) in [6.07, 6.45) is -0.362. The van der Waals surface area contributed by atoms with E-state index < -0.39 is 11.7 Å². The van der Waals surface area contributed by atoms with Crippen molar-refractivity contribution < 1.29 is 13.2 Å². The zero-order chi connectivity index (χ0) is 18.6. The van der Waals surface area contributed by atoms with Crippen molar-refractivity contribution in [2.75, 3.05) is 18.0 Å². The molecule has 0 amide bonds. The van der Waals surface area contributed by atoms with Crippen LogP contribution in [0.15, 0.2) is 36.7 Å². The molecule has 0 saturated carbocycles. The monoisotopic (exact) mass is 390 g/mol. The third kappa shape index (κ3) is 3.06. The fraction of sp³-hybridized carbons (Fsp3) is 0.368. The second-order valence-electron chi connectivity index (χ2n) is 7.14. The Kier molecular flexibility index (Phi) is 3.87. The van der Waals surface area contributed by atoms with E-state index in [1.165, 1.54) is 36.3 Å². The lowest BCUT2D eigenvalue weighted by Crippen LogP contribution is -2.51. The van der Waals surface area contributed by atoms with Crippen molar-refractivity contribution >= 4 is 27.4 Å². The number of fused-ring (bicyclic) bond motifs is 3. The Hall–Kier alpha value is -2.19. The maximum Gasteiger partial charge on any atom is 0.416 e. The zero-order valence-electron chi connectivity index (χ0n) is 14.3. The number of rotatable bonds is 2. The van der Waals surface area contributed by atoms with Crippen LogP contribution in [0.3, 0.4) is 0 Å². The molecule has 27 heavy (non-hydrogen) atoms. The first-order valence-electron chi connectivity index (χ1n) is 8.90. The second kappa shape index (κ2) is 6.17. The van der Waals surface area contributed by atoms with E-state index in [-0.39, 0.29) is 0 Å². The highest BCUT2D eigenvalue weighted by Gasteiger charge is 2.33. The minimum absolute atomic E-state index is 0.502. The van der Waals surface area contributed by atoms with Gasteiger partial charge in [0.2, 0.25) is 0 Å². The highest BCUT2D eigenvalue weighted by molar-refractivity contribution is 7.21. The number of benzene rings is 1. The van der Waals surface area contributed by atoms with Crippen LogP contribution in [-0.2, 0) is 6.18 Å². The number of thiophene rings is 1. The van der Waals surface area contributed by atoms with Crippen molar-refractivity contribution in [3.63, 3.8) is 0 Å². The zero-order valence-corrected chi connectivity index (χ0v) is 15.1. The van der Waals surface area contributed by atoms with Crippen LogP contribution in [0, 0.1) is 0 Å². The van der Waals surface area contributed by atoms with Gasteiger partial charge < -0.3 is 10.2 Å². The summed E-state index contributed by atoms with van der Waals surface area (Å²) in [5, 5.41) is 4.58. The van der Waals surface area contributed by atoms with Gasteiger partial charge in [-0.2, -0.15) is 13.2 Å². The Bertz CT molecular complexity index is 971. The minimum Gasteiger partial charge on any atom is -0.353 e. The molecule has 1 aromatic carbocycles. The van der Waals surface area contributed by atoms with Crippen LogP contribution in [0.2, 0.25) is 0 Å². The van der Waals surface area contributed by atoms with E-state index in [9.17, 15) is 13.2 Å². The quantitative estimate of drug-likeness (QED) is 0.708. The van der Waals surface area contributed by atoms with E-state index in [1.807, 2.05) is 6.07 Å². The first kappa shape index (κ1) is 16.9. The first-order valence-corrected chi connectivity index (χ1v) is 9.72. The Morgan fingerprint density at radius 1 is 1.04 bits per heavy atom. The van der Waals surface area contributed by atoms with Crippen molar-refractivity contribution in [3.05, 3.63) is 42.2 Å². The number of nitrogens with zero attached hydrogens (tertiary/aromatic N) is 3. The van der Waals surface area contributed by atoms with E-state index in [1.54, 1.807) is 6.33 Å². The molecule has 4 nitrogen and oxygen atoms in total. The molecular weight excluding hydrogens is 373 g/mol. The van der Waals surface area contributed by atoms with Crippen molar-refractivity contribution in [1.82, 2.24) is 15.3 Å². The molecule has 2 atom stereocenters. The summed E-state index contributed by atoms with van der Waals surface area (Å²) in [5.74, 6) is 0.924. The summed E-state index contributed by atoms with van der Waals surface area (Å²) >= 11 is 1.48. The van der Waals surface area contributed by atoms with Gasteiger partial charge in [0.1, 0.15) is 17.0 Å². The fourth-order valence-corrected chi connectivity index (χ4v) is 5.03. The molecule has 2 saturated heterocycles. The van der Waals surface area contributed by atoms with Gasteiger partial charge in [-0.3, -0.25) is 0 Å². The van der Waals surface area contributed by atoms with Gasteiger partial charge in [0.15, 0.2) is 0 Å². The third-order valence-corrected chi connectivity index (χ3v) is 6.41. The SMILES string of the molecule is FC(F)(F)c1ccc(-c2cc3c(N4CC5CCC(C4)N5)ncnc3s2)cc1. The molecule has 2 aliphatic heterocycles. The van der Waals surface area contributed by atoms with Gasteiger partial charge >= 0.3 is 6.18 Å². The molecule has 4 heterocycles. The molecule has 5 rings (SSSR count). The van der Waals surface area contributed by atoms with Crippen molar-refractivity contribution in [2.45, 2.75) is 31.1 Å². The van der Waals surface area contributed by atoms with E-state index in [0.717, 1.165) is 51.7 Å². The molecule has 2 fully saturated rings. The lowest BCUT2D eigenvalue weighted by atomic mass is 10.1. The number of halogens is 3. The molecule has 2 aromatic heterocycles. The van der Waals surface area contributed by atoms with Gasteiger partial charge in [-0.25, -0.2) is 9.97 Å². The van der Waals surface area contributed by atoms with Crippen LogP contribution in [0.25, 0.3) is 20.7 Å². The standard InChI is InChI=1S/C19H17F3N4S/c20-19(21,22)12-3-1-11(2-4-12)16-7-15-17(23-10-24-18(15)27-16)26-8-13-5-6-14(9-26)25-13/h1-4,7,10,13-14,25H,5-6,8-9H2. The van der Waals surface area contributed by atoms with Crippen LogP contribution in [0.5, 0.6) is 0 Å². The Morgan fingerprint density at radius 3 is 2.41 bits per heavy atom. The maximum absolute atomic E-state index is 12.8. The molecular formula is C19H17F3N4S. The average Bonchev–Trinajstić information content (AvgIpc) is 3.23. The molecule has 0 spiro atoms. The van der Waals surface area contributed by atoms with Gasteiger partial charge in [-0.15, -0.1) is 11.3 Å². The Balaban J connectivity index is 1.51. The van der Waals surface area contributed by atoms with Crippen LogP contribution in [0.4, 0.5) is 19.0 Å². The molecule has 2 unspecified atom stereocenters. The average molecular weight is 390 g/mol. The fourth-order valence-electron chi connectivity index (χ4n) is 4.03. The van der Waals surface area contributed by atoms with Crippen molar-refractivity contribution in [2.24, 2.45) is 0 Å². The topological polar surface area (TPSA) is 41.0 Å². The van der Waals surface area contributed by atoms with Crippen LogP contribution < -0.4 is 10.2 Å².